The third-order valence-electron chi connectivity index (χ3n) is 9.80. The summed E-state index contributed by atoms with van der Waals surface area (Å²) in [5, 5.41) is 9.22. The molecule has 8 aromatic carbocycles. The largest absolute Gasteiger partial charge is 0.462 e. The molecule has 0 aliphatic carbocycles. The molecule has 284 valence electrons. The van der Waals surface area contributed by atoms with Gasteiger partial charge < -0.3 is 9.47 Å². The van der Waals surface area contributed by atoms with E-state index in [0.29, 0.717) is 12.8 Å². The zero-order valence-corrected chi connectivity index (χ0v) is 32.7. The van der Waals surface area contributed by atoms with E-state index in [2.05, 4.69) is 114 Å². The van der Waals surface area contributed by atoms with Crippen molar-refractivity contribution in [3.63, 3.8) is 0 Å². The maximum Gasteiger partial charge on any atom is 0.306 e. The summed E-state index contributed by atoms with van der Waals surface area (Å²) in [6.07, 6.45) is 2.45. The maximum absolute atomic E-state index is 13.3. The van der Waals surface area contributed by atoms with Crippen molar-refractivity contribution in [3.05, 3.63) is 187 Å². The molecule has 0 aromatic heterocycles. The number of rotatable bonds is 10. The predicted octanol–water partition coefficient (Wildman–Crippen LogP) is 12.6. The van der Waals surface area contributed by atoms with Gasteiger partial charge in [-0.1, -0.05) is 146 Å². The zero-order valence-electron chi connectivity index (χ0n) is 32.7. The Bertz CT molecular complexity index is 2390. The quantitative estimate of drug-likeness (QED) is 0.0793. The molecule has 0 heterocycles. The summed E-state index contributed by atoms with van der Waals surface area (Å²) in [7, 11) is 0. The molecule has 8 rings (SSSR count). The van der Waals surface area contributed by atoms with E-state index in [1.54, 1.807) is 0 Å². The Morgan fingerprint density at radius 2 is 0.912 bits per heavy atom. The average Bonchev–Trinajstić information content (AvgIpc) is 3.22. The summed E-state index contributed by atoms with van der Waals surface area (Å²) in [6, 6.07) is 58.0. The van der Waals surface area contributed by atoms with E-state index in [0.717, 1.165) is 65.5 Å². The standard InChI is InChI=1S/C39H36O4.C13H11N/c1-39(2,3)43-38(41)21-20-37(40)42-30(24-35-31-16-8-4-12-26(31)22-27-13-5-9-17-32(27)35)25-36-33-18-10-6-14-28(33)23-29-15-7-11-19-34(29)36;1-3-7-12(8-4-1)11-14-13-9-5-2-6-10-13/h4-19,22-23,30H,20-21,24-25H2,1-3H3;1-11H. The van der Waals surface area contributed by atoms with Crippen LogP contribution in [-0.2, 0) is 31.9 Å². The van der Waals surface area contributed by atoms with Crippen molar-refractivity contribution >= 4 is 66.9 Å². The van der Waals surface area contributed by atoms with Gasteiger partial charge in [-0.05, 0) is 105 Å². The van der Waals surface area contributed by atoms with Gasteiger partial charge in [0, 0.05) is 19.1 Å². The van der Waals surface area contributed by atoms with E-state index in [4.69, 9.17) is 9.47 Å². The van der Waals surface area contributed by atoms with Crippen molar-refractivity contribution < 1.29 is 19.1 Å². The van der Waals surface area contributed by atoms with Crippen molar-refractivity contribution in [1.82, 2.24) is 0 Å². The number of hydrogen-bond donors (Lipinski definition) is 0. The minimum Gasteiger partial charge on any atom is -0.462 e. The number of para-hydroxylation sites is 1. The van der Waals surface area contributed by atoms with Gasteiger partial charge in [-0.15, -0.1) is 0 Å². The minimum atomic E-state index is -0.603. The lowest BCUT2D eigenvalue weighted by Crippen LogP contribution is -2.26. The van der Waals surface area contributed by atoms with E-state index < -0.39 is 23.6 Å². The van der Waals surface area contributed by atoms with E-state index in [1.807, 2.05) is 87.6 Å². The Balaban J connectivity index is 0.000000297. The lowest BCUT2D eigenvalue weighted by molar-refractivity contribution is -0.159. The molecule has 0 N–H and O–H groups in total. The van der Waals surface area contributed by atoms with Crippen LogP contribution in [0.2, 0.25) is 0 Å². The monoisotopic (exact) mass is 749 g/mol. The van der Waals surface area contributed by atoms with Crippen molar-refractivity contribution in [1.29, 1.82) is 0 Å². The van der Waals surface area contributed by atoms with Gasteiger partial charge in [0.15, 0.2) is 0 Å². The van der Waals surface area contributed by atoms with Crippen molar-refractivity contribution in [3.8, 4) is 0 Å². The number of carbonyl (C=O) groups excluding carboxylic acids is 2. The SMILES string of the molecule is C(=Nc1ccccc1)c1ccccc1.CC(C)(C)OC(=O)CCC(=O)OC(Cc1c2ccccc2cc2ccccc12)Cc1c2ccccc2cc2ccccc12. The van der Waals surface area contributed by atoms with Gasteiger partial charge >= 0.3 is 11.9 Å². The van der Waals surface area contributed by atoms with Gasteiger partial charge in [0.05, 0.1) is 18.5 Å². The molecular formula is C52H47NO4. The fourth-order valence-electron chi connectivity index (χ4n) is 7.31. The highest BCUT2D eigenvalue weighted by Crippen LogP contribution is 2.34. The van der Waals surface area contributed by atoms with Crippen LogP contribution in [0.3, 0.4) is 0 Å². The molecule has 0 unspecified atom stereocenters. The first-order chi connectivity index (χ1) is 27.7. The molecule has 5 heteroatoms. The third kappa shape index (κ3) is 10.2. The summed E-state index contributed by atoms with van der Waals surface area (Å²) in [4.78, 5) is 30.1. The molecule has 0 aliphatic rings. The molecule has 0 saturated carbocycles. The van der Waals surface area contributed by atoms with Gasteiger partial charge in [0.2, 0.25) is 0 Å². The van der Waals surface area contributed by atoms with E-state index in [9.17, 15) is 9.59 Å². The van der Waals surface area contributed by atoms with Crippen LogP contribution in [-0.4, -0.2) is 29.9 Å². The molecule has 8 aromatic rings. The molecule has 0 spiro atoms. The number of aliphatic imine (C=N–C) groups is 1. The lowest BCUT2D eigenvalue weighted by atomic mass is 9.89. The summed E-state index contributed by atoms with van der Waals surface area (Å²) < 4.78 is 11.7. The fraction of sp³-hybridized carbons (Fsp3) is 0.173. The Kier molecular flexibility index (Phi) is 12.2. The minimum absolute atomic E-state index is 0.0166. The summed E-state index contributed by atoms with van der Waals surface area (Å²) in [5.41, 5.74) is 3.81. The highest BCUT2D eigenvalue weighted by atomic mass is 16.6. The lowest BCUT2D eigenvalue weighted by Gasteiger charge is -2.23. The van der Waals surface area contributed by atoms with Crippen LogP contribution in [0.1, 0.15) is 50.3 Å². The third-order valence-corrected chi connectivity index (χ3v) is 9.80. The number of hydrogen-bond acceptors (Lipinski definition) is 5. The molecule has 0 radical (unpaired) electrons. The van der Waals surface area contributed by atoms with Crippen LogP contribution in [0.15, 0.2) is 175 Å². The second kappa shape index (κ2) is 17.9. The second-order valence-corrected chi connectivity index (χ2v) is 15.2. The van der Waals surface area contributed by atoms with E-state index in [1.165, 1.54) is 0 Å². The van der Waals surface area contributed by atoms with Gasteiger partial charge in [-0.25, -0.2) is 0 Å². The number of nitrogens with zero attached hydrogens (tertiary/aromatic N) is 1. The van der Waals surface area contributed by atoms with Gasteiger partial charge in [-0.2, -0.15) is 0 Å². The molecule has 0 atom stereocenters. The van der Waals surface area contributed by atoms with Crippen LogP contribution in [0, 0.1) is 0 Å². The smallest absolute Gasteiger partial charge is 0.306 e. The van der Waals surface area contributed by atoms with Gasteiger partial charge in [-0.3, -0.25) is 14.6 Å². The Hall–Kier alpha value is -6.59. The summed E-state index contributed by atoms with van der Waals surface area (Å²) >= 11 is 0. The normalized spacial score (nSPS) is 11.6. The highest BCUT2D eigenvalue weighted by Gasteiger charge is 2.23. The molecule has 5 nitrogen and oxygen atoms in total. The van der Waals surface area contributed by atoms with Crippen LogP contribution in [0.4, 0.5) is 5.69 Å². The Morgan fingerprint density at radius 3 is 1.35 bits per heavy atom. The molecule has 0 amide bonds. The number of fused-ring (bicyclic) bond motifs is 4. The van der Waals surface area contributed by atoms with Gasteiger partial charge in [0.25, 0.3) is 0 Å². The molecule has 0 saturated heterocycles. The average molecular weight is 750 g/mol. The van der Waals surface area contributed by atoms with Crippen LogP contribution >= 0.6 is 0 Å². The van der Waals surface area contributed by atoms with Crippen molar-refractivity contribution in [2.45, 2.75) is 58.2 Å². The first kappa shape index (κ1) is 38.7. The number of carbonyl (C=O) groups is 2. The maximum atomic E-state index is 13.3. The molecule has 57 heavy (non-hydrogen) atoms. The number of benzene rings is 8. The second-order valence-electron chi connectivity index (χ2n) is 15.2. The Morgan fingerprint density at radius 1 is 0.526 bits per heavy atom. The summed E-state index contributed by atoms with van der Waals surface area (Å²) in [5.74, 6) is -0.800. The first-order valence-electron chi connectivity index (χ1n) is 19.5. The highest BCUT2D eigenvalue weighted by molar-refractivity contribution is 6.03. The van der Waals surface area contributed by atoms with Gasteiger partial charge in [0.1, 0.15) is 11.7 Å². The van der Waals surface area contributed by atoms with Crippen LogP contribution < -0.4 is 0 Å². The molecular weight excluding hydrogens is 703 g/mol. The van der Waals surface area contributed by atoms with Crippen LogP contribution in [0.25, 0.3) is 43.1 Å². The van der Waals surface area contributed by atoms with Crippen LogP contribution in [0.5, 0.6) is 0 Å². The number of ether oxygens (including phenoxy) is 2. The predicted molar refractivity (Wildman–Crippen MR) is 235 cm³/mol. The topological polar surface area (TPSA) is 65.0 Å². The molecule has 0 bridgehead atoms. The number of esters is 2. The zero-order chi connectivity index (χ0) is 39.6. The van der Waals surface area contributed by atoms with Crippen molar-refractivity contribution in [2.75, 3.05) is 0 Å². The fourth-order valence-corrected chi connectivity index (χ4v) is 7.31. The molecule has 0 fully saturated rings. The van der Waals surface area contributed by atoms with Crippen molar-refractivity contribution in [2.24, 2.45) is 4.99 Å². The Labute approximate surface area is 334 Å². The molecule has 0 aliphatic heterocycles. The first-order valence-corrected chi connectivity index (χ1v) is 19.5. The van der Waals surface area contributed by atoms with E-state index in [-0.39, 0.29) is 12.8 Å². The van der Waals surface area contributed by atoms with E-state index >= 15 is 0 Å². The summed E-state index contributed by atoms with van der Waals surface area (Å²) in [6.45, 7) is 5.47.